The molecule has 4 aliphatic heterocycles. The molecular formula is C34H37F4N5O. The topological polar surface area (TPSA) is 53.5 Å². The number of anilines is 1. The van der Waals surface area contributed by atoms with Crippen molar-refractivity contribution in [2.75, 3.05) is 37.7 Å². The Kier molecular flexibility index (Phi) is 6.71. The third-order valence-corrected chi connectivity index (χ3v) is 10.3. The minimum Gasteiger partial charge on any atom is -0.461 e. The molecule has 4 fully saturated rings. The first-order chi connectivity index (χ1) is 21.3. The Morgan fingerprint density at radius 1 is 1.05 bits per heavy atom. The number of aromatic nitrogens is 2. The number of fused-ring (bicyclic) bond motifs is 5. The fourth-order valence-electron chi connectivity index (χ4n) is 8.31. The second kappa shape index (κ2) is 10.5. The van der Waals surface area contributed by atoms with Crippen molar-refractivity contribution < 1.29 is 23.7 Å². The summed E-state index contributed by atoms with van der Waals surface area (Å²) >= 11 is 0. The van der Waals surface area contributed by atoms with Crippen LogP contribution in [0.5, 0.6) is 6.01 Å². The molecule has 0 aliphatic carbocycles. The predicted octanol–water partition coefficient (Wildman–Crippen LogP) is 6.57. The predicted molar refractivity (Wildman–Crippen MR) is 165 cm³/mol. The fourth-order valence-corrected chi connectivity index (χ4v) is 8.31. The SMILES string of the molecule is CCc1c(F)ccc2cccc(-c3c(F)cc4c(N5CC6CCC(C5)N6)nc(OC[C@@]56CCCN5C[C@H](F)C6)nc4c3F)c12.[HH]. The van der Waals surface area contributed by atoms with E-state index in [0.717, 1.165) is 32.2 Å². The summed E-state index contributed by atoms with van der Waals surface area (Å²) in [6.07, 6.45) is 3.68. The zero-order chi connectivity index (χ0) is 30.2. The molecule has 1 N–H and O–H groups in total. The van der Waals surface area contributed by atoms with E-state index in [1.54, 1.807) is 18.2 Å². The lowest BCUT2D eigenvalue weighted by molar-refractivity contribution is 0.107. The van der Waals surface area contributed by atoms with Gasteiger partial charge < -0.3 is 15.0 Å². The van der Waals surface area contributed by atoms with Gasteiger partial charge in [-0.25, -0.2) is 17.6 Å². The zero-order valence-corrected chi connectivity index (χ0v) is 24.7. The van der Waals surface area contributed by atoms with Crippen LogP contribution in [0.15, 0.2) is 36.4 Å². The van der Waals surface area contributed by atoms with E-state index in [9.17, 15) is 8.78 Å². The van der Waals surface area contributed by atoms with Crippen molar-refractivity contribution in [1.29, 1.82) is 0 Å². The molecule has 0 saturated carbocycles. The number of halogens is 4. The average molecular weight is 608 g/mol. The number of alkyl halides is 1. The lowest BCUT2D eigenvalue weighted by Crippen LogP contribution is -2.51. The number of hydrogen-bond acceptors (Lipinski definition) is 6. The first kappa shape index (κ1) is 28.0. The van der Waals surface area contributed by atoms with Crippen molar-refractivity contribution in [3.63, 3.8) is 0 Å². The normalized spacial score (nSPS) is 26.7. The molecule has 4 aliphatic rings. The molecule has 8 rings (SSSR count). The van der Waals surface area contributed by atoms with E-state index in [0.29, 0.717) is 54.6 Å². The number of rotatable bonds is 6. The number of benzene rings is 3. The van der Waals surface area contributed by atoms with Gasteiger partial charge in [-0.3, -0.25) is 4.90 Å². The molecule has 2 unspecified atom stereocenters. The molecule has 2 bridgehead atoms. The highest BCUT2D eigenvalue weighted by Gasteiger charge is 2.49. The van der Waals surface area contributed by atoms with Gasteiger partial charge in [0.05, 0.1) is 11.1 Å². The van der Waals surface area contributed by atoms with Gasteiger partial charge in [0.2, 0.25) is 0 Å². The molecule has 1 aromatic heterocycles. The highest BCUT2D eigenvalue weighted by Crippen LogP contribution is 2.42. The van der Waals surface area contributed by atoms with Crippen LogP contribution in [0, 0.1) is 17.5 Å². The number of nitrogens with one attached hydrogen (secondary N) is 1. The van der Waals surface area contributed by atoms with Gasteiger partial charge >= 0.3 is 6.01 Å². The van der Waals surface area contributed by atoms with Gasteiger partial charge in [0.1, 0.15) is 35.7 Å². The standard InChI is InChI=1S/C34H35F4N5O.H2/c1-2-23-26(36)10-7-19-5-3-6-24(28(19)23)29-27(37)13-25-31(30(29)38)40-33(41-32(25)42-16-21-8-9-22(17-42)39-21)44-18-34-11-4-12-43(34)15-20(35)14-34;/h3,5-7,10,13,20-22,39H,2,4,8-9,11-12,14-18H2,1H3;1H/t20-,21?,22?,34+;/m1./s1. The Labute approximate surface area is 254 Å². The second-order valence-electron chi connectivity index (χ2n) is 13.0. The molecular weight excluding hydrogens is 570 g/mol. The minimum atomic E-state index is -0.912. The summed E-state index contributed by atoms with van der Waals surface area (Å²) in [5, 5.41) is 5.05. The number of hydrogen-bond donors (Lipinski definition) is 1. The van der Waals surface area contributed by atoms with Crippen LogP contribution < -0.4 is 15.0 Å². The lowest BCUT2D eigenvalue weighted by Gasteiger charge is -2.34. The van der Waals surface area contributed by atoms with Crippen molar-refractivity contribution in [3.8, 4) is 17.1 Å². The molecule has 5 heterocycles. The molecule has 6 nitrogen and oxygen atoms in total. The van der Waals surface area contributed by atoms with Crippen LogP contribution in [0.2, 0.25) is 0 Å². The van der Waals surface area contributed by atoms with Crippen LogP contribution in [0.25, 0.3) is 32.8 Å². The van der Waals surface area contributed by atoms with E-state index in [1.165, 1.54) is 12.1 Å². The first-order valence-electron chi connectivity index (χ1n) is 15.8. The smallest absolute Gasteiger partial charge is 0.319 e. The maximum Gasteiger partial charge on any atom is 0.319 e. The van der Waals surface area contributed by atoms with Gasteiger partial charge in [0, 0.05) is 45.0 Å². The Hall–Kier alpha value is -3.50. The quantitative estimate of drug-likeness (QED) is 0.250. The summed E-state index contributed by atoms with van der Waals surface area (Å²) in [6.45, 7) is 4.53. The van der Waals surface area contributed by atoms with Crippen molar-refractivity contribution >= 4 is 27.5 Å². The van der Waals surface area contributed by atoms with E-state index < -0.39 is 29.2 Å². The molecule has 0 spiro atoms. The largest absolute Gasteiger partial charge is 0.461 e. The summed E-state index contributed by atoms with van der Waals surface area (Å²) < 4.78 is 68.6. The van der Waals surface area contributed by atoms with Gasteiger partial charge in [-0.1, -0.05) is 31.2 Å². The van der Waals surface area contributed by atoms with Crippen LogP contribution >= 0.6 is 0 Å². The monoisotopic (exact) mass is 607 g/mol. The van der Waals surface area contributed by atoms with Crippen LogP contribution in [0.4, 0.5) is 23.4 Å². The van der Waals surface area contributed by atoms with Crippen LogP contribution in [0.3, 0.4) is 0 Å². The van der Waals surface area contributed by atoms with Crippen LogP contribution in [-0.2, 0) is 6.42 Å². The highest BCUT2D eigenvalue weighted by molar-refractivity contribution is 6.02. The molecule has 0 radical (unpaired) electrons. The third kappa shape index (κ3) is 4.43. The average Bonchev–Trinajstić information content (AvgIpc) is 3.66. The number of aryl methyl sites for hydroxylation is 1. The van der Waals surface area contributed by atoms with Crippen molar-refractivity contribution in [2.45, 2.75) is 69.2 Å². The van der Waals surface area contributed by atoms with E-state index >= 15 is 8.78 Å². The molecule has 4 saturated heterocycles. The van der Waals surface area contributed by atoms with E-state index in [2.05, 4.69) is 20.1 Å². The maximum absolute atomic E-state index is 16.8. The summed E-state index contributed by atoms with van der Waals surface area (Å²) in [4.78, 5) is 13.5. The van der Waals surface area contributed by atoms with Gasteiger partial charge in [-0.05, 0) is 72.7 Å². The highest BCUT2D eigenvalue weighted by atomic mass is 19.1. The molecule has 3 aromatic carbocycles. The second-order valence-corrected chi connectivity index (χ2v) is 13.0. The van der Waals surface area contributed by atoms with Gasteiger partial charge in [-0.2, -0.15) is 9.97 Å². The lowest BCUT2D eigenvalue weighted by atomic mass is 9.92. The van der Waals surface area contributed by atoms with Crippen LogP contribution in [0.1, 0.15) is 46.0 Å². The maximum atomic E-state index is 16.8. The summed E-state index contributed by atoms with van der Waals surface area (Å²) in [5.74, 6) is -1.58. The van der Waals surface area contributed by atoms with Crippen molar-refractivity contribution in [3.05, 3.63) is 59.4 Å². The summed E-state index contributed by atoms with van der Waals surface area (Å²) in [7, 11) is 0. The Morgan fingerprint density at radius 2 is 1.86 bits per heavy atom. The zero-order valence-electron chi connectivity index (χ0n) is 24.7. The Balaban J connectivity index is 0.00000325. The van der Waals surface area contributed by atoms with E-state index in [-0.39, 0.29) is 48.2 Å². The molecule has 44 heavy (non-hydrogen) atoms. The van der Waals surface area contributed by atoms with Crippen molar-refractivity contribution in [2.24, 2.45) is 0 Å². The summed E-state index contributed by atoms with van der Waals surface area (Å²) in [6, 6.07) is 10.0. The van der Waals surface area contributed by atoms with Crippen molar-refractivity contribution in [1.82, 2.24) is 20.2 Å². The van der Waals surface area contributed by atoms with Gasteiger partial charge in [0.25, 0.3) is 0 Å². The van der Waals surface area contributed by atoms with E-state index in [4.69, 9.17) is 9.72 Å². The summed E-state index contributed by atoms with van der Waals surface area (Å²) in [5.41, 5.74) is -0.0459. The molecule has 0 amide bonds. The molecule has 4 aromatic rings. The third-order valence-electron chi connectivity index (χ3n) is 10.3. The first-order valence-corrected chi connectivity index (χ1v) is 15.8. The van der Waals surface area contributed by atoms with Crippen LogP contribution in [-0.4, -0.2) is 71.4 Å². The number of ether oxygens (including phenoxy) is 1. The minimum absolute atomic E-state index is 0. The van der Waals surface area contributed by atoms with E-state index in [1.807, 2.05) is 13.0 Å². The molecule has 10 heteroatoms. The van der Waals surface area contributed by atoms with Gasteiger partial charge in [0.15, 0.2) is 5.82 Å². The molecule has 4 atom stereocenters. The van der Waals surface area contributed by atoms with Gasteiger partial charge in [-0.15, -0.1) is 0 Å². The number of piperazine rings is 1. The Morgan fingerprint density at radius 3 is 2.66 bits per heavy atom. The number of nitrogens with zero attached hydrogens (tertiary/aromatic N) is 4. The fraction of sp³-hybridized carbons (Fsp3) is 0.471. The Bertz CT molecular complexity index is 1780. The molecule has 232 valence electrons.